The van der Waals surface area contributed by atoms with Gasteiger partial charge in [0.2, 0.25) is 0 Å². The normalized spacial score (nSPS) is 28.8. The van der Waals surface area contributed by atoms with E-state index in [-0.39, 0.29) is 0 Å². The molecule has 1 aliphatic heterocycles. The second-order valence-electron chi connectivity index (χ2n) is 3.25. The van der Waals surface area contributed by atoms with Crippen LogP contribution >= 0.6 is 0 Å². The summed E-state index contributed by atoms with van der Waals surface area (Å²) in [6, 6.07) is 0.791. The van der Waals surface area contributed by atoms with Gasteiger partial charge in [0.25, 0.3) is 0 Å². The van der Waals surface area contributed by atoms with Gasteiger partial charge in [0, 0.05) is 13.1 Å². The predicted octanol–water partition coefficient (Wildman–Crippen LogP) is 2.43. The van der Waals surface area contributed by atoms with Crippen molar-refractivity contribution in [1.29, 1.82) is 0 Å². The Morgan fingerprint density at radius 3 is 2.90 bits per heavy atom. The van der Waals surface area contributed by atoms with E-state index in [4.69, 9.17) is 0 Å². The molecule has 1 nitrogen and oxygen atoms in total. The average molecular weight is 140 g/mol. The highest BCUT2D eigenvalue weighted by Gasteiger charge is 2.16. The van der Waals surface area contributed by atoms with Gasteiger partial charge >= 0.3 is 0 Å². The van der Waals surface area contributed by atoms with Crippen molar-refractivity contribution in [2.75, 3.05) is 6.54 Å². The first-order valence-corrected chi connectivity index (χ1v) is 4.41. The van der Waals surface area contributed by atoms with Crippen LogP contribution < -0.4 is 0 Å². The highest BCUT2D eigenvalue weighted by molar-refractivity contribution is 4.75. The lowest BCUT2D eigenvalue weighted by atomic mass is 9.99. The molecule has 1 heteroatoms. The first kappa shape index (κ1) is 8.06. The fourth-order valence-corrected chi connectivity index (χ4v) is 1.72. The molecule has 1 fully saturated rings. The zero-order valence-electron chi connectivity index (χ0n) is 6.97. The molecule has 0 amide bonds. The minimum Gasteiger partial charge on any atom is -0.299 e. The van der Waals surface area contributed by atoms with E-state index in [1.165, 1.54) is 38.6 Å². The summed E-state index contributed by atoms with van der Waals surface area (Å²) in [7, 11) is 4.03. The Kier molecular flexibility index (Phi) is 3.20. The van der Waals surface area contributed by atoms with Crippen LogP contribution in [0, 0.1) is 7.05 Å². The molecule has 1 aliphatic rings. The molecule has 0 saturated carbocycles. The summed E-state index contributed by atoms with van der Waals surface area (Å²) >= 11 is 0. The molecule has 1 saturated heterocycles. The third-order valence-electron chi connectivity index (χ3n) is 2.37. The largest absolute Gasteiger partial charge is 0.299 e. The van der Waals surface area contributed by atoms with E-state index in [1.54, 1.807) is 0 Å². The van der Waals surface area contributed by atoms with Crippen molar-refractivity contribution < 1.29 is 0 Å². The summed E-state index contributed by atoms with van der Waals surface area (Å²) in [6.07, 6.45) is 6.78. The quantitative estimate of drug-likeness (QED) is 0.569. The lowest BCUT2D eigenvalue weighted by Gasteiger charge is -2.31. The maximum atomic E-state index is 4.03. The Bertz CT molecular complexity index is 88.7. The fraction of sp³-hybridized carbons (Fsp3) is 0.889. The number of rotatable bonds is 2. The van der Waals surface area contributed by atoms with Crippen LogP contribution in [0.1, 0.15) is 39.0 Å². The van der Waals surface area contributed by atoms with Gasteiger partial charge in [-0.05, 0) is 25.8 Å². The molecule has 1 rings (SSSR count). The average Bonchev–Trinajstić information content (AvgIpc) is 1.94. The highest BCUT2D eigenvalue weighted by Crippen LogP contribution is 2.19. The fourth-order valence-electron chi connectivity index (χ4n) is 1.72. The highest BCUT2D eigenvalue weighted by atomic mass is 15.1. The summed E-state index contributed by atoms with van der Waals surface area (Å²) in [4.78, 5) is 2.27. The molecular formula is C9H18N. The Balaban J connectivity index is 2.25. The van der Waals surface area contributed by atoms with Crippen molar-refractivity contribution in [3.63, 3.8) is 0 Å². The molecule has 1 heterocycles. The molecule has 0 aromatic heterocycles. The summed E-state index contributed by atoms with van der Waals surface area (Å²) in [5.74, 6) is 0. The summed E-state index contributed by atoms with van der Waals surface area (Å²) in [5, 5.41) is 0. The van der Waals surface area contributed by atoms with Gasteiger partial charge in [-0.25, -0.2) is 0 Å². The number of piperidine rings is 1. The van der Waals surface area contributed by atoms with Crippen molar-refractivity contribution in [3.05, 3.63) is 7.05 Å². The summed E-state index contributed by atoms with van der Waals surface area (Å²) < 4.78 is 0. The first-order chi connectivity index (χ1) is 4.84. The van der Waals surface area contributed by atoms with Gasteiger partial charge in [0.1, 0.15) is 0 Å². The molecule has 0 bridgehead atoms. The van der Waals surface area contributed by atoms with Crippen LogP contribution in [0.4, 0.5) is 0 Å². The number of likely N-dealkylation sites (tertiary alicyclic amines) is 1. The van der Waals surface area contributed by atoms with Crippen LogP contribution in [0.15, 0.2) is 0 Å². The molecule has 1 unspecified atom stereocenters. The maximum Gasteiger partial charge on any atom is 0.0112 e. The SMILES string of the molecule is [CH2]N1CCCCC1CCC. The Hall–Kier alpha value is -0.0400. The van der Waals surface area contributed by atoms with Gasteiger partial charge < -0.3 is 0 Å². The van der Waals surface area contributed by atoms with E-state index in [9.17, 15) is 0 Å². The molecule has 0 aromatic carbocycles. The van der Waals surface area contributed by atoms with Crippen LogP contribution in [-0.2, 0) is 0 Å². The molecule has 0 aliphatic carbocycles. The van der Waals surface area contributed by atoms with Gasteiger partial charge in [-0.3, -0.25) is 4.90 Å². The second kappa shape index (κ2) is 3.97. The minimum absolute atomic E-state index is 0.791. The van der Waals surface area contributed by atoms with Gasteiger partial charge in [-0.15, -0.1) is 0 Å². The van der Waals surface area contributed by atoms with Crippen LogP contribution in [0.5, 0.6) is 0 Å². The Labute approximate surface area is 64.4 Å². The molecule has 59 valence electrons. The van der Waals surface area contributed by atoms with Crippen molar-refractivity contribution in [3.8, 4) is 0 Å². The number of hydrogen-bond acceptors (Lipinski definition) is 1. The predicted molar refractivity (Wildman–Crippen MR) is 44.6 cm³/mol. The zero-order chi connectivity index (χ0) is 7.40. The van der Waals surface area contributed by atoms with Crippen molar-refractivity contribution in [2.45, 2.75) is 45.1 Å². The lowest BCUT2D eigenvalue weighted by molar-refractivity contribution is 0.198. The number of nitrogens with zero attached hydrogens (tertiary/aromatic N) is 1. The zero-order valence-corrected chi connectivity index (χ0v) is 6.97. The van der Waals surface area contributed by atoms with E-state index < -0.39 is 0 Å². The van der Waals surface area contributed by atoms with E-state index >= 15 is 0 Å². The van der Waals surface area contributed by atoms with Gasteiger partial charge in [-0.2, -0.15) is 0 Å². The number of hydrogen-bond donors (Lipinski definition) is 0. The molecule has 1 atom stereocenters. The van der Waals surface area contributed by atoms with Crippen LogP contribution in [-0.4, -0.2) is 17.5 Å². The molecule has 10 heavy (non-hydrogen) atoms. The molecular weight excluding hydrogens is 122 g/mol. The monoisotopic (exact) mass is 140 g/mol. The van der Waals surface area contributed by atoms with Crippen LogP contribution in [0.25, 0.3) is 0 Å². The molecule has 1 radical (unpaired) electrons. The van der Waals surface area contributed by atoms with Crippen LogP contribution in [0.3, 0.4) is 0 Å². The minimum atomic E-state index is 0.791. The topological polar surface area (TPSA) is 3.24 Å². The molecule has 0 spiro atoms. The van der Waals surface area contributed by atoms with Crippen molar-refractivity contribution >= 4 is 0 Å². The smallest absolute Gasteiger partial charge is 0.0112 e. The van der Waals surface area contributed by atoms with Crippen molar-refractivity contribution in [1.82, 2.24) is 4.90 Å². The standard InChI is InChI=1S/C9H18N/c1-3-6-9-7-4-5-8-10(9)2/h9H,2-8H2,1H3. The summed E-state index contributed by atoms with van der Waals surface area (Å²) in [6.45, 7) is 3.47. The van der Waals surface area contributed by atoms with E-state index in [0.717, 1.165) is 6.04 Å². The molecule has 0 aromatic rings. The van der Waals surface area contributed by atoms with Gasteiger partial charge in [0.05, 0.1) is 0 Å². The third kappa shape index (κ3) is 1.98. The van der Waals surface area contributed by atoms with Crippen LogP contribution in [0.2, 0.25) is 0 Å². The summed E-state index contributed by atoms with van der Waals surface area (Å²) in [5.41, 5.74) is 0. The van der Waals surface area contributed by atoms with E-state index in [2.05, 4.69) is 18.9 Å². The third-order valence-corrected chi connectivity index (χ3v) is 2.37. The second-order valence-corrected chi connectivity index (χ2v) is 3.25. The van der Waals surface area contributed by atoms with Gasteiger partial charge in [-0.1, -0.05) is 19.8 Å². The van der Waals surface area contributed by atoms with E-state index in [1.807, 2.05) is 0 Å². The Morgan fingerprint density at radius 1 is 1.50 bits per heavy atom. The molecule has 0 N–H and O–H groups in total. The van der Waals surface area contributed by atoms with Gasteiger partial charge in [0.15, 0.2) is 0 Å². The van der Waals surface area contributed by atoms with Crippen molar-refractivity contribution in [2.24, 2.45) is 0 Å². The Morgan fingerprint density at radius 2 is 2.30 bits per heavy atom. The van der Waals surface area contributed by atoms with E-state index in [0.29, 0.717) is 0 Å². The maximum absolute atomic E-state index is 4.03. The first-order valence-electron chi connectivity index (χ1n) is 4.41. The lowest BCUT2D eigenvalue weighted by Crippen LogP contribution is -2.34.